The molecule has 0 bridgehead atoms. The Labute approximate surface area is 141 Å². The molecule has 0 aromatic heterocycles. The molecule has 0 unspecified atom stereocenters. The van der Waals surface area contributed by atoms with E-state index >= 15 is 0 Å². The number of aryl methyl sites for hydroxylation is 2. The molecule has 0 aliphatic heterocycles. The minimum Gasteiger partial charge on any atom is -0.484 e. The molecule has 120 valence electrons. The van der Waals surface area contributed by atoms with Gasteiger partial charge in [0.15, 0.2) is 6.61 Å². The van der Waals surface area contributed by atoms with Crippen molar-refractivity contribution in [1.82, 2.24) is 0 Å². The van der Waals surface area contributed by atoms with Crippen LogP contribution in [-0.4, -0.2) is 12.5 Å². The topological polar surface area (TPSA) is 38.3 Å². The first-order valence-electron chi connectivity index (χ1n) is 8.31. The van der Waals surface area contributed by atoms with Crippen molar-refractivity contribution < 1.29 is 9.53 Å². The highest BCUT2D eigenvalue weighted by molar-refractivity contribution is 5.92. The second-order valence-electron chi connectivity index (χ2n) is 6.18. The summed E-state index contributed by atoms with van der Waals surface area (Å²) in [7, 11) is 0. The Morgan fingerprint density at radius 1 is 0.917 bits per heavy atom. The summed E-state index contributed by atoms with van der Waals surface area (Å²) in [5, 5.41) is 5.18. The van der Waals surface area contributed by atoms with Gasteiger partial charge in [-0.2, -0.15) is 0 Å². The van der Waals surface area contributed by atoms with Crippen molar-refractivity contribution in [2.24, 2.45) is 0 Å². The zero-order valence-electron chi connectivity index (χ0n) is 13.4. The number of nitrogens with one attached hydrogen (secondary N) is 1. The van der Waals surface area contributed by atoms with E-state index in [4.69, 9.17) is 4.74 Å². The first-order valence-corrected chi connectivity index (χ1v) is 8.31. The second kappa shape index (κ2) is 6.36. The number of hydrogen-bond acceptors (Lipinski definition) is 2. The van der Waals surface area contributed by atoms with Gasteiger partial charge in [-0.1, -0.05) is 36.4 Å². The molecule has 1 aliphatic carbocycles. The normalized spacial score (nSPS) is 12.8. The lowest BCUT2D eigenvalue weighted by Gasteiger charge is -2.09. The van der Waals surface area contributed by atoms with E-state index in [-0.39, 0.29) is 12.5 Å². The molecular formula is C21H19NO2. The Bertz CT molecular complexity index is 901. The van der Waals surface area contributed by atoms with Gasteiger partial charge in [0.05, 0.1) is 0 Å². The first-order chi connectivity index (χ1) is 11.8. The lowest BCUT2D eigenvalue weighted by molar-refractivity contribution is -0.118. The maximum absolute atomic E-state index is 12.1. The monoisotopic (exact) mass is 317 g/mol. The molecule has 3 heteroatoms. The Balaban J connectivity index is 1.39. The number of anilines is 1. The number of rotatable bonds is 4. The van der Waals surface area contributed by atoms with Crippen LogP contribution in [0.25, 0.3) is 10.8 Å². The second-order valence-corrected chi connectivity index (χ2v) is 6.18. The predicted molar refractivity (Wildman–Crippen MR) is 96.5 cm³/mol. The molecule has 3 aromatic carbocycles. The summed E-state index contributed by atoms with van der Waals surface area (Å²) in [6, 6.07) is 20.1. The minimum absolute atomic E-state index is 0.00935. The average molecular weight is 317 g/mol. The van der Waals surface area contributed by atoms with Crippen molar-refractivity contribution in [3.8, 4) is 5.75 Å². The van der Waals surface area contributed by atoms with E-state index in [1.807, 2.05) is 42.5 Å². The zero-order chi connectivity index (χ0) is 16.4. The number of benzene rings is 3. The van der Waals surface area contributed by atoms with Gasteiger partial charge in [0, 0.05) is 5.69 Å². The summed E-state index contributed by atoms with van der Waals surface area (Å²) < 4.78 is 5.63. The molecule has 1 aliphatic rings. The third kappa shape index (κ3) is 3.11. The molecule has 0 fully saturated rings. The van der Waals surface area contributed by atoms with Crippen LogP contribution in [0.15, 0.2) is 60.7 Å². The third-order valence-electron chi connectivity index (χ3n) is 4.47. The summed E-state index contributed by atoms with van der Waals surface area (Å²) in [6.07, 6.45) is 3.46. The van der Waals surface area contributed by atoms with Crippen LogP contribution >= 0.6 is 0 Å². The van der Waals surface area contributed by atoms with E-state index < -0.39 is 0 Å². The molecule has 24 heavy (non-hydrogen) atoms. The molecule has 0 saturated heterocycles. The summed E-state index contributed by atoms with van der Waals surface area (Å²) in [6.45, 7) is 0.00935. The number of carbonyl (C=O) groups is 1. The fourth-order valence-electron chi connectivity index (χ4n) is 3.25. The molecule has 0 radical (unpaired) electrons. The van der Waals surface area contributed by atoms with Crippen molar-refractivity contribution in [3.05, 3.63) is 71.8 Å². The average Bonchev–Trinajstić information content (AvgIpc) is 3.07. The molecule has 3 nitrogen and oxygen atoms in total. The van der Waals surface area contributed by atoms with Gasteiger partial charge in [0.1, 0.15) is 5.75 Å². The minimum atomic E-state index is -0.138. The van der Waals surface area contributed by atoms with Crippen molar-refractivity contribution in [1.29, 1.82) is 0 Å². The van der Waals surface area contributed by atoms with Crippen LogP contribution in [0.5, 0.6) is 5.75 Å². The van der Waals surface area contributed by atoms with E-state index in [0.29, 0.717) is 5.75 Å². The number of ether oxygens (including phenoxy) is 1. The van der Waals surface area contributed by atoms with Crippen molar-refractivity contribution >= 4 is 22.4 Å². The Morgan fingerprint density at radius 2 is 1.75 bits per heavy atom. The molecule has 1 amide bonds. The fourth-order valence-corrected chi connectivity index (χ4v) is 3.25. The van der Waals surface area contributed by atoms with Crippen molar-refractivity contribution in [3.63, 3.8) is 0 Å². The highest BCUT2D eigenvalue weighted by Crippen LogP contribution is 2.25. The highest BCUT2D eigenvalue weighted by atomic mass is 16.5. The lowest BCUT2D eigenvalue weighted by atomic mass is 10.1. The van der Waals surface area contributed by atoms with E-state index in [1.54, 1.807) is 0 Å². The quantitative estimate of drug-likeness (QED) is 0.777. The number of carbonyl (C=O) groups excluding carboxylic acids is 1. The van der Waals surface area contributed by atoms with Gasteiger partial charge in [-0.05, 0) is 65.4 Å². The van der Waals surface area contributed by atoms with Gasteiger partial charge >= 0.3 is 0 Å². The number of fused-ring (bicyclic) bond motifs is 2. The number of amides is 1. The molecule has 0 saturated carbocycles. The number of hydrogen-bond donors (Lipinski definition) is 1. The summed E-state index contributed by atoms with van der Waals surface area (Å²) in [5.74, 6) is 0.568. The molecule has 0 heterocycles. The maximum Gasteiger partial charge on any atom is 0.262 e. The zero-order valence-corrected chi connectivity index (χ0v) is 13.4. The molecule has 1 N–H and O–H groups in total. The van der Waals surface area contributed by atoms with Crippen LogP contribution in [-0.2, 0) is 17.6 Å². The predicted octanol–water partition coefficient (Wildman–Crippen LogP) is 4.35. The van der Waals surface area contributed by atoms with Crippen LogP contribution in [0.2, 0.25) is 0 Å². The van der Waals surface area contributed by atoms with Crippen molar-refractivity contribution in [2.75, 3.05) is 11.9 Å². The fraction of sp³-hybridized carbons (Fsp3) is 0.190. The summed E-state index contributed by atoms with van der Waals surface area (Å²) in [5.41, 5.74) is 3.60. The first kappa shape index (κ1) is 14.8. The van der Waals surface area contributed by atoms with Gasteiger partial charge in [0.2, 0.25) is 0 Å². The molecule has 3 aromatic rings. The van der Waals surface area contributed by atoms with E-state index in [2.05, 4.69) is 23.5 Å². The SMILES string of the molecule is O=C(COc1ccc2ccccc2c1)Nc1ccc2c(c1)CCC2. The maximum atomic E-state index is 12.1. The molecular weight excluding hydrogens is 298 g/mol. The van der Waals surface area contributed by atoms with Gasteiger partial charge in [-0.25, -0.2) is 0 Å². The van der Waals surface area contributed by atoms with Gasteiger partial charge in [-0.3, -0.25) is 4.79 Å². The molecule has 0 spiro atoms. The highest BCUT2D eigenvalue weighted by Gasteiger charge is 2.12. The summed E-state index contributed by atoms with van der Waals surface area (Å²) in [4.78, 5) is 12.1. The van der Waals surface area contributed by atoms with Gasteiger partial charge in [0.25, 0.3) is 5.91 Å². The van der Waals surface area contributed by atoms with Gasteiger partial charge in [-0.15, -0.1) is 0 Å². The van der Waals surface area contributed by atoms with E-state index in [1.165, 1.54) is 17.5 Å². The standard InChI is InChI=1S/C21H19NO2/c23-21(22-19-10-8-16-6-3-7-17(16)12-19)14-24-20-11-9-15-4-1-2-5-18(15)13-20/h1-2,4-5,8-13H,3,6-7,14H2,(H,22,23). The Kier molecular flexibility index (Phi) is 3.91. The third-order valence-corrected chi connectivity index (χ3v) is 4.47. The largest absolute Gasteiger partial charge is 0.484 e. The van der Waals surface area contributed by atoms with Crippen LogP contribution in [0.4, 0.5) is 5.69 Å². The Hall–Kier alpha value is -2.81. The van der Waals surface area contributed by atoms with Crippen LogP contribution in [0.3, 0.4) is 0 Å². The van der Waals surface area contributed by atoms with E-state index in [0.717, 1.165) is 29.3 Å². The van der Waals surface area contributed by atoms with Gasteiger partial charge < -0.3 is 10.1 Å². The van der Waals surface area contributed by atoms with E-state index in [9.17, 15) is 4.79 Å². The molecule has 0 atom stereocenters. The molecule has 4 rings (SSSR count). The Morgan fingerprint density at radius 3 is 2.67 bits per heavy atom. The van der Waals surface area contributed by atoms with Crippen LogP contribution in [0.1, 0.15) is 17.5 Å². The van der Waals surface area contributed by atoms with Crippen molar-refractivity contribution in [2.45, 2.75) is 19.3 Å². The lowest BCUT2D eigenvalue weighted by Crippen LogP contribution is -2.20. The summed E-state index contributed by atoms with van der Waals surface area (Å²) >= 11 is 0. The smallest absolute Gasteiger partial charge is 0.262 e. The van der Waals surface area contributed by atoms with Crippen LogP contribution in [0, 0.1) is 0 Å². The van der Waals surface area contributed by atoms with Crippen LogP contribution < -0.4 is 10.1 Å².